The van der Waals surface area contributed by atoms with Crippen molar-refractivity contribution in [3.05, 3.63) is 40.4 Å². The van der Waals surface area contributed by atoms with Crippen molar-refractivity contribution >= 4 is 17.1 Å². The molecule has 0 spiro atoms. The molecule has 0 aromatic heterocycles. The van der Waals surface area contributed by atoms with Gasteiger partial charge < -0.3 is 18.9 Å². The van der Waals surface area contributed by atoms with Crippen LogP contribution in [0.25, 0.3) is 5.57 Å². The topological polar surface area (TPSA) is 71.1 Å². The van der Waals surface area contributed by atoms with Gasteiger partial charge in [-0.2, -0.15) is 0 Å². The van der Waals surface area contributed by atoms with E-state index in [-0.39, 0.29) is 23.1 Å². The van der Waals surface area contributed by atoms with Crippen molar-refractivity contribution in [1.82, 2.24) is 0 Å². The second-order valence-corrected chi connectivity index (χ2v) is 5.41. The minimum Gasteiger partial charge on any atom is -0.493 e. The fourth-order valence-electron chi connectivity index (χ4n) is 3.32. The summed E-state index contributed by atoms with van der Waals surface area (Å²) in [6.45, 7) is 0. The number of carbonyl (C=O) groups excluding carboxylic acids is 2. The number of Topliss-reactive ketones (excluding diaryl/α,β-unsaturated/α-hetero) is 2. The second kappa shape index (κ2) is 6.03. The number of ketones is 2. The molecule has 0 aliphatic heterocycles. The zero-order chi connectivity index (χ0) is 17.4. The summed E-state index contributed by atoms with van der Waals surface area (Å²) in [7, 11) is 5.82. The monoisotopic (exact) mass is 330 g/mol. The molecule has 126 valence electrons. The van der Waals surface area contributed by atoms with Crippen LogP contribution in [0, 0.1) is 0 Å². The molecule has 6 heteroatoms. The summed E-state index contributed by atoms with van der Waals surface area (Å²) in [6, 6.07) is 3.51. The fourth-order valence-corrected chi connectivity index (χ4v) is 3.32. The maximum absolute atomic E-state index is 12.9. The van der Waals surface area contributed by atoms with Crippen LogP contribution < -0.4 is 9.47 Å². The molecule has 3 rings (SSSR count). The van der Waals surface area contributed by atoms with Crippen LogP contribution in [0.5, 0.6) is 11.5 Å². The minimum atomic E-state index is -0.350. The molecule has 1 aromatic rings. The van der Waals surface area contributed by atoms with Gasteiger partial charge in [0.2, 0.25) is 23.1 Å². The molecule has 24 heavy (non-hydrogen) atoms. The minimum absolute atomic E-state index is 0.0369. The molecule has 0 amide bonds. The first-order chi connectivity index (χ1) is 11.6. The quantitative estimate of drug-likeness (QED) is 0.787. The number of benzene rings is 1. The van der Waals surface area contributed by atoms with Gasteiger partial charge in [0.1, 0.15) is 0 Å². The van der Waals surface area contributed by atoms with Crippen LogP contribution in [0.4, 0.5) is 0 Å². The Balaban J connectivity index is 2.23. The van der Waals surface area contributed by atoms with Gasteiger partial charge in [-0.1, -0.05) is 0 Å². The van der Waals surface area contributed by atoms with Gasteiger partial charge in [0.05, 0.1) is 28.4 Å². The highest BCUT2D eigenvalue weighted by molar-refractivity contribution is 6.39. The second-order valence-electron chi connectivity index (χ2n) is 5.41. The summed E-state index contributed by atoms with van der Waals surface area (Å²) in [5.41, 5.74) is 2.35. The zero-order valence-electron chi connectivity index (χ0n) is 14.0. The van der Waals surface area contributed by atoms with E-state index in [0.717, 1.165) is 5.56 Å². The molecule has 2 aliphatic rings. The van der Waals surface area contributed by atoms with Gasteiger partial charge in [0.25, 0.3) is 0 Å². The summed E-state index contributed by atoms with van der Waals surface area (Å²) in [5.74, 6) is 0.424. The molecule has 2 aliphatic carbocycles. The highest BCUT2D eigenvalue weighted by atomic mass is 16.5. The van der Waals surface area contributed by atoms with E-state index in [9.17, 15) is 9.59 Å². The predicted molar refractivity (Wildman–Crippen MR) is 85.8 cm³/mol. The van der Waals surface area contributed by atoms with Gasteiger partial charge in [-0.25, -0.2) is 0 Å². The Bertz CT molecular complexity index is 800. The third-order valence-electron chi connectivity index (χ3n) is 4.37. The van der Waals surface area contributed by atoms with Crippen molar-refractivity contribution in [2.75, 3.05) is 28.4 Å². The average molecular weight is 330 g/mol. The molecule has 0 unspecified atom stereocenters. The van der Waals surface area contributed by atoms with E-state index in [1.807, 2.05) is 0 Å². The number of methoxy groups -OCH3 is 4. The highest BCUT2D eigenvalue weighted by Gasteiger charge is 2.40. The smallest absolute Gasteiger partial charge is 0.232 e. The third-order valence-corrected chi connectivity index (χ3v) is 4.37. The molecule has 0 saturated carbocycles. The number of hydrogen-bond donors (Lipinski definition) is 0. The number of allylic oxidation sites excluding steroid dienone is 2. The average Bonchev–Trinajstić information content (AvgIpc) is 2.62. The highest BCUT2D eigenvalue weighted by Crippen LogP contribution is 2.44. The Kier molecular flexibility index (Phi) is 4.05. The number of ether oxygens (including phenoxy) is 4. The molecular weight excluding hydrogens is 312 g/mol. The van der Waals surface area contributed by atoms with E-state index in [1.165, 1.54) is 14.2 Å². The van der Waals surface area contributed by atoms with Gasteiger partial charge in [-0.3, -0.25) is 9.59 Å². The summed E-state index contributed by atoms with van der Waals surface area (Å²) in [4.78, 5) is 25.5. The Hall–Kier alpha value is -2.76. The largest absolute Gasteiger partial charge is 0.493 e. The molecule has 0 N–H and O–H groups in total. The molecule has 0 fully saturated rings. The Morgan fingerprint density at radius 2 is 1.46 bits per heavy atom. The first-order valence-electron chi connectivity index (χ1n) is 7.48. The summed E-state index contributed by atoms with van der Waals surface area (Å²) < 4.78 is 21.0. The van der Waals surface area contributed by atoms with E-state index < -0.39 is 0 Å². The van der Waals surface area contributed by atoms with Crippen molar-refractivity contribution in [1.29, 1.82) is 0 Å². The maximum Gasteiger partial charge on any atom is 0.232 e. The molecular formula is C18H18O6. The lowest BCUT2D eigenvalue weighted by atomic mass is 9.78. The Morgan fingerprint density at radius 3 is 2.04 bits per heavy atom. The van der Waals surface area contributed by atoms with Gasteiger partial charge in [0, 0.05) is 16.7 Å². The van der Waals surface area contributed by atoms with Crippen molar-refractivity contribution in [3.63, 3.8) is 0 Å². The standard InChI is InChI=1S/C18H18O6/c1-21-12-8-7-9-10(16(12)22-2)5-6-11-13(9)15(20)18(24-4)17(23-3)14(11)19/h7-8H,5-6H2,1-4H3. The third kappa shape index (κ3) is 2.10. The fraction of sp³-hybridized carbons (Fsp3) is 0.333. The van der Waals surface area contributed by atoms with Gasteiger partial charge >= 0.3 is 0 Å². The number of fused-ring (bicyclic) bond motifs is 2. The van der Waals surface area contributed by atoms with E-state index in [1.54, 1.807) is 26.4 Å². The van der Waals surface area contributed by atoms with Gasteiger partial charge in [-0.15, -0.1) is 0 Å². The lowest BCUT2D eigenvalue weighted by Crippen LogP contribution is -2.28. The van der Waals surface area contributed by atoms with Crippen LogP contribution in [0.2, 0.25) is 0 Å². The molecule has 0 saturated heterocycles. The number of hydrogen-bond acceptors (Lipinski definition) is 6. The van der Waals surface area contributed by atoms with E-state index in [2.05, 4.69) is 0 Å². The van der Waals surface area contributed by atoms with Gasteiger partial charge in [0.15, 0.2) is 11.5 Å². The lowest BCUT2D eigenvalue weighted by molar-refractivity contribution is -0.119. The van der Waals surface area contributed by atoms with Crippen molar-refractivity contribution in [3.8, 4) is 11.5 Å². The lowest BCUT2D eigenvalue weighted by Gasteiger charge is -2.28. The first kappa shape index (κ1) is 16.1. The molecule has 6 nitrogen and oxygen atoms in total. The molecule has 0 atom stereocenters. The molecule has 1 aromatic carbocycles. The Labute approximate surface area is 139 Å². The van der Waals surface area contributed by atoms with Crippen LogP contribution in [0.15, 0.2) is 29.2 Å². The maximum atomic E-state index is 12.9. The van der Waals surface area contributed by atoms with Crippen molar-refractivity contribution in [2.45, 2.75) is 12.8 Å². The van der Waals surface area contributed by atoms with Crippen molar-refractivity contribution in [2.24, 2.45) is 0 Å². The molecule has 0 bridgehead atoms. The summed E-state index contributed by atoms with van der Waals surface area (Å²) in [5, 5.41) is 0. The number of rotatable bonds is 4. The SMILES string of the molecule is COC1=C(OC)C(=O)C2=C(CCc3c2ccc(OC)c3OC)C1=O. The Morgan fingerprint density at radius 1 is 0.792 bits per heavy atom. The van der Waals surface area contributed by atoms with Crippen LogP contribution in [-0.4, -0.2) is 40.0 Å². The van der Waals surface area contributed by atoms with Crippen molar-refractivity contribution < 1.29 is 28.5 Å². The van der Waals surface area contributed by atoms with E-state index in [0.29, 0.717) is 41.1 Å². The van der Waals surface area contributed by atoms with Crippen LogP contribution in [0.1, 0.15) is 17.5 Å². The summed E-state index contributed by atoms with van der Waals surface area (Å²) >= 11 is 0. The van der Waals surface area contributed by atoms with Gasteiger partial charge in [-0.05, 0) is 30.5 Å². The van der Waals surface area contributed by atoms with E-state index in [4.69, 9.17) is 18.9 Å². The normalized spacial score (nSPS) is 16.7. The van der Waals surface area contributed by atoms with E-state index >= 15 is 0 Å². The number of carbonyl (C=O) groups is 2. The first-order valence-corrected chi connectivity index (χ1v) is 7.48. The predicted octanol–water partition coefficient (Wildman–Crippen LogP) is 2.06. The van der Waals surface area contributed by atoms with Crippen LogP contribution >= 0.6 is 0 Å². The summed E-state index contributed by atoms with van der Waals surface area (Å²) in [6.07, 6.45) is 1.01. The zero-order valence-corrected chi connectivity index (χ0v) is 14.0. The van der Waals surface area contributed by atoms with Crippen LogP contribution in [-0.2, 0) is 25.5 Å². The van der Waals surface area contributed by atoms with Crippen LogP contribution in [0.3, 0.4) is 0 Å². The molecule has 0 radical (unpaired) electrons. The molecule has 0 heterocycles.